The first kappa shape index (κ1) is 27.1. The van der Waals surface area contributed by atoms with Gasteiger partial charge in [-0.2, -0.15) is 0 Å². The van der Waals surface area contributed by atoms with E-state index < -0.39 is 21.7 Å². The first-order chi connectivity index (χ1) is 17.1. The number of anilines is 3. The van der Waals surface area contributed by atoms with Crippen molar-refractivity contribution in [1.29, 1.82) is 0 Å². The Morgan fingerprint density at radius 1 is 0.972 bits per heavy atom. The summed E-state index contributed by atoms with van der Waals surface area (Å²) < 4.78 is 43.1. The van der Waals surface area contributed by atoms with Gasteiger partial charge >= 0.3 is 0 Å². The van der Waals surface area contributed by atoms with Gasteiger partial charge in [-0.1, -0.05) is 24.3 Å². The average Bonchev–Trinajstić information content (AvgIpc) is 2.83. The van der Waals surface area contributed by atoms with Crippen LogP contribution in [-0.2, 0) is 10.0 Å². The monoisotopic (exact) mass is 528 g/mol. The summed E-state index contributed by atoms with van der Waals surface area (Å²) in [6, 6.07) is 15.8. The number of sulfonamides is 1. The van der Waals surface area contributed by atoms with Crippen LogP contribution in [0.25, 0.3) is 0 Å². The number of carbonyl (C=O) groups excluding carboxylic acids is 1. The number of hydrogen-bond acceptors (Lipinski definition) is 5. The second kappa shape index (κ2) is 11.5. The molecule has 0 radical (unpaired) electrons. The molecule has 10 heteroatoms. The third-order valence-corrected chi connectivity index (χ3v) is 7.18. The van der Waals surface area contributed by atoms with Crippen LogP contribution < -0.4 is 20.3 Å². The predicted octanol–water partition coefficient (Wildman–Crippen LogP) is 5.22. The summed E-state index contributed by atoms with van der Waals surface area (Å²) in [6.45, 7) is 8.97. The lowest BCUT2D eigenvalue weighted by molar-refractivity contribution is 0.0974. The van der Waals surface area contributed by atoms with Crippen LogP contribution in [0.2, 0.25) is 0 Å². The summed E-state index contributed by atoms with van der Waals surface area (Å²) in [6.07, 6.45) is 0. The van der Waals surface area contributed by atoms with Gasteiger partial charge in [-0.05, 0) is 87.4 Å². The average molecular weight is 529 g/mol. The van der Waals surface area contributed by atoms with Gasteiger partial charge in [0, 0.05) is 13.1 Å². The Bertz CT molecular complexity index is 1390. The fourth-order valence-corrected chi connectivity index (χ4v) is 4.99. The molecule has 0 fully saturated rings. The minimum absolute atomic E-state index is 0.0186. The van der Waals surface area contributed by atoms with E-state index in [0.717, 1.165) is 11.1 Å². The molecular formula is C26H29FN4O3S2. The van der Waals surface area contributed by atoms with Crippen LogP contribution in [0.15, 0.2) is 65.6 Å². The van der Waals surface area contributed by atoms with E-state index in [2.05, 4.69) is 15.4 Å². The van der Waals surface area contributed by atoms with Crippen molar-refractivity contribution in [3.05, 3.63) is 83.2 Å². The molecule has 3 rings (SSSR count). The molecule has 36 heavy (non-hydrogen) atoms. The lowest BCUT2D eigenvalue weighted by Crippen LogP contribution is -2.35. The van der Waals surface area contributed by atoms with Crippen LogP contribution in [0.1, 0.15) is 35.3 Å². The summed E-state index contributed by atoms with van der Waals surface area (Å²) >= 11 is 5.30. The fourth-order valence-electron chi connectivity index (χ4n) is 3.64. The van der Waals surface area contributed by atoms with Gasteiger partial charge in [-0.15, -0.1) is 0 Å². The van der Waals surface area contributed by atoms with Crippen LogP contribution >= 0.6 is 12.2 Å². The number of aryl methyl sites for hydroxylation is 2. The van der Waals surface area contributed by atoms with Gasteiger partial charge in [0.1, 0.15) is 5.82 Å². The number of hydrogen-bond donors (Lipinski definition) is 3. The Hall–Kier alpha value is -3.50. The summed E-state index contributed by atoms with van der Waals surface area (Å²) in [5.74, 6) is -1.39. The van der Waals surface area contributed by atoms with Crippen molar-refractivity contribution >= 4 is 50.3 Å². The van der Waals surface area contributed by atoms with Crippen molar-refractivity contribution in [2.24, 2.45) is 0 Å². The van der Waals surface area contributed by atoms with Gasteiger partial charge in [-0.3, -0.25) is 14.8 Å². The summed E-state index contributed by atoms with van der Waals surface area (Å²) in [5.41, 5.74) is 3.15. The molecule has 0 saturated carbocycles. The summed E-state index contributed by atoms with van der Waals surface area (Å²) in [7, 11) is -3.93. The molecule has 0 bridgehead atoms. The Kier molecular flexibility index (Phi) is 8.65. The number of carbonyl (C=O) groups is 1. The Labute approximate surface area is 216 Å². The number of benzene rings is 3. The molecule has 0 aromatic heterocycles. The zero-order valence-corrected chi connectivity index (χ0v) is 22.2. The highest BCUT2D eigenvalue weighted by Crippen LogP contribution is 2.30. The third kappa shape index (κ3) is 6.38. The molecule has 190 valence electrons. The van der Waals surface area contributed by atoms with Crippen LogP contribution in [0.3, 0.4) is 0 Å². The molecule has 0 saturated heterocycles. The molecule has 3 N–H and O–H groups in total. The van der Waals surface area contributed by atoms with Crippen molar-refractivity contribution in [3.63, 3.8) is 0 Å². The van der Waals surface area contributed by atoms with Crippen LogP contribution in [0.4, 0.5) is 21.5 Å². The molecule has 0 atom stereocenters. The largest absolute Gasteiger partial charge is 0.370 e. The molecule has 0 aliphatic heterocycles. The molecule has 0 unspecified atom stereocenters. The predicted molar refractivity (Wildman–Crippen MR) is 147 cm³/mol. The SMILES string of the molecule is CCN(CC)c1ccc(S(=O)(=O)Nc2cc(C)ccc2C)cc1NC(=S)NC(=O)c1ccccc1F. The van der Waals surface area contributed by atoms with Crippen molar-refractivity contribution in [2.45, 2.75) is 32.6 Å². The molecule has 1 amide bonds. The molecule has 0 heterocycles. The highest BCUT2D eigenvalue weighted by atomic mass is 32.2. The van der Waals surface area contributed by atoms with Crippen molar-refractivity contribution in [2.75, 3.05) is 28.0 Å². The Balaban J connectivity index is 1.92. The number of thiocarbonyl (C=S) groups is 1. The molecule has 0 aliphatic carbocycles. The quantitative estimate of drug-likeness (QED) is 0.348. The smallest absolute Gasteiger partial charge is 0.261 e. The van der Waals surface area contributed by atoms with E-state index in [1.165, 1.54) is 30.3 Å². The molecule has 7 nitrogen and oxygen atoms in total. The van der Waals surface area contributed by atoms with E-state index in [4.69, 9.17) is 12.2 Å². The number of nitrogens with one attached hydrogen (secondary N) is 3. The standard InChI is InChI=1S/C26H29FN4O3S2/c1-5-31(6-2)24-14-13-19(36(33,34)30-22-15-17(3)11-12-18(22)4)16-23(24)28-26(35)29-25(32)20-9-7-8-10-21(20)27/h7-16,30H,5-6H2,1-4H3,(H2,28,29,32,35). The molecule has 0 spiro atoms. The van der Waals surface area contributed by atoms with E-state index in [-0.39, 0.29) is 15.6 Å². The number of amides is 1. The molecule has 3 aromatic carbocycles. The van der Waals surface area contributed by atoms with Crippen molar-refractivity contribution in [1.82, 2.24) is 5.32 Å². The lowest BCUT2D eigenvalue weighted by atomic mass is 10.1. The minimum Gasteiger partial charge on any atom is -0.370 e. The van der Waals surface area contributed by atoms with E-state index >= 15 is 0 Å². The Morgan fingerprint density at radius 3 is 2.33 bits per heavy atom. The topological polar surface area (TPSA) is 90.5 Å². The normalized spacial score (nSPS) is 11.0. The van der Waals surface area contributed by atoms with Gasteiger partial charge in [0.05, 0.1) is 27.5 Å². The first-order valence-electron chi connectivity index (χ1n) is 11.4. The van der Waals surface area contributed by atoms with Gasteiger partial charge in [0.15, 0.2) is 5.11 Å². The number of nitrogens with zero attached hydrogens (tertiary/aromatic N) is 1. The highest BCUT2D eigenvalue weighted by molar-refractivity contribution is 7.92. The van der Waals surface area contributed by atoms with Gasteiger partial charge in [0.25, 0.3) is 15.9 Å². The maximum absolute atomic E-state index is 14.0. The highest BCUT2D eigenvalue weighted by Gasteiger charge is 2.20. The maximum Gasteiger partial charge on any atom is 0.261 e. The number of halogens is 1. The summed E-state index contributed by atoms with van der Waals surface area (Å²) in [5, 5.41) is 5.29. The minimum atomic E-state index is -3.93. The van der Waals surface area contributed by atoms with E-state index in [1.54, 1.807) is 18.2 Å². The lowest BCUT2D eigenvalue weighted by Gasteiger charge is -2.25. The fraction of sp³-hybridized carbons (Fsp3) is 0.231. The second-order valence-corrected chi connectivity index (χ2v) is 10.3. The zero-order valence-electron chi connectivity index (χ0n) is 20.6. The van der Waals surface area contributed by atoms with Crippen LogP contribution in [-0.4, -0.2) is 32.5 Å². The third-order valence-electron chi connectivity index (χ3n) is 5.61. The molecular weight excluding hydrogens is 499 g/mol. The Morgan fingerprint density at radius 2 is 1.67 bits per heavy atom. The number of rotatable bonds is 8. The van der Waals surface area contributed by atoms with Gasteiger partial charge in [-0.25, -0.2) is 12.8 Å². The van der Waals surface area contributed by atoms with Gasteiger partial charge < -0.3 is 10.2 Å². The zero-order chi connectivity index (χ0) is 26.5. The van der Waals surface area contributed by atoms with Crippen molar-refractivity contribution in [3.8, 4) is 0 Å². The van der Waals surface area contributed by atoms with E-state index in [9.17, 15) is 17.6 Å². The molecule has 3 aromatic rings. The summed E-state index contributed by atoms with van der Waals surface area (Å²) in [4.78, 5) is 14.5. The van der Waals surface area contributed by atoms with Crippen LogP contribution in [0.5, 0.6) is 0 Å². The van der Waals surface area contributed by atoms with E-state index in [0.29, 0.717) is 30.2 Å². The van der Waals surface area contributed by atoms with Crippen molar-refractivity contribution < 1.29 is 17.6 Å². The maximum atomic E-state index is 14.0. The molecule has 0 aliphatic rings. The first-order valence-corrected chi connectivity index (χ1v) is 13.3. The van der Waals surface area contributed by atoms with E-state index in [1.807, 2.05) is 44.7 Å². The van der Waals surface area contributed by atoms with Crippen LogP contribution in [0, 0.1) is 19.7 Å². The second-order valence-electron chi connectivity index (χ2n) is 8.16. The van der Waals surface area contributed by atoms with Gasteiger partial charge in [0.2, 0.25) is 0 Å².